The van der Waals surface area contributed by atoms with Crippen molar-refractivity contribution in [2.75, 3.05) is 19.7 Å². The van der Waals surface area contributed by atoms with Gasteiger partial charge in [0.05, 0.1) is 12.1 Å². The summed E-state index contributed by atoms with van der Waals surface area (Å²) in [4.78, 5) is 13.9. The molecule has 1 heterocycles. The van der Waals surface area contributed by atoms with Crippen LogP contribution in [-0.2, 0) is 9.53 Å². The average Bonchev–Trinajstić information content (AvgIpc) is 2.76. The molecule has 0 spiro atoms. The molecule has 0 saturated carbocycles. The van der Waals surface area contributed by atoms with Crippen LogP contribution in [0.5, 0.6) is 0 Å². The summed E-state index contributed by atoms with van der Waals surface area (Å²) in [7, 11) is 0. The number of rotatable bonds is 7. The number of carbonyl (C=O) groups excluding carboxylic acids is 1. The third kappa shape index (κ3) is 4.94. The molecule has 2 unspecified atom stereocenters. The van der Waals surface area contributed by atoms with E-state index >= 15 is 0 Å². The van der Waals surface area contributed by atoms with Crippen LogP contribution < -0.4 is 5.73 Å². The Balaban J connectivity index is 2.25. The quantitative estimate of drug-likeness (QED) is 0.755. The van der Waals surface area contributed by atoms with Gasteiger partial charge in [0.2, 0.25) is 5.91 Å². The Kier molecular flexibility index (Phi) is 6.65. The first-order valence-electron chi connectivity index (χ1n) is 7.20. The lowest BCUT2D eigenvalue weighted by molar-refractivity contribution is -0.132. The van der Waals surface area contributed by atoms with Crippen molar-refractivity contribution in [2.45, 2.75) is 58.6 Å². The maximum atomic E-state index is 12.0. The van der Waals surface area contributed by atoms with Crippen LogP contribution in [-0.4, -0.2) is 42.6 Å². The van der Waals surface area contributed by atoms with Gasteiger partial charge < -0.3 is 15.4 Å². The molecular formula is C14H28N2O2. The molecule has 18 heavy (non-hydrogen) atoms. The third-order valence-electron chi connectivity index (χ3n) is 3.42. The molecule has 4 heteroatoms. The van der Waals surface area contributed by atoms with Crippen LogP contribution in [0.3, 0.4) is 0 Å². The molecule has 1 rings (SSSR count). The zero-order chi connectivity index (χ0) is 13.5. The maximum Gasteiger partial charge on any atom is 0.239 e. The molecule has 0 bridgehead atoms. The van der Waals surface area contributed by atoms with Crippen LogP contribution in [0, 0.1) is 5.92 Å². The van der Waals surface area contributed by atoms with Gasteiger partial charge in [0, 0.05) is 19.7 Å². The van der Waals surface area contributed by atoms with E-state index < -0.39 is 0 Å². The molecular weight excluding hydrogens is 228 g/mol. The number of likely N-dealkylation sites (tertiary alicyclic amines) is 1. The number of nitrogens with zero attached hydrogens (tertiary/aromatic N) is 1. The van der Waals surface area contributed by atoms with Crippen molar-refractivity contribution in [3.63, 3.8) is 0 Å². The minimum Gasteiger partial charge on any atom is -0.376 e. The molecule has 2 atom stereocenters. The molecule has 4 nitrogen and oxygen atoms in total. The second-order valence-corrected chi connectivity index (χ2v) is 5.64. The monoisotopic (exact) mass is 256 g/mol. The summed E-state index contributed by atoms with van der Waals surface area (Å²) in [5.41, 5.74) is 5.86. The molecule has 0 aromatic rings. The lowest BCUT2D eigenvalue weighted by Gasteiger charge is -2.20. The molecule has 106 valence electrons. The van der Waals surface area contributed by atoms with Crippen molar-refractivity contribution in [3.05, 3.63) is 0 Å². The average molecular weight is 256 g/mol. The standard InChI is InChI=1S/C14H28N2O2/c1-4-5-13(15)14(17)16-8-6-12(10-16)18-9-7-11(2)3/h11-13H,4-10,15H2,1-3H3. The van der Waals surface area contributed by atoms with Crippen molar-refractivity contribution < 1.29 is 9.53 Å². The zero-order valence-electron chi connectivity index (χ0n) is 12.0. The van der Waals surface area contributed by atoms with Crippen molar-refractivity contribution in [3.8, 4) is 0 Å². The molecule has 0 aromatic heterocycles. The summed E-state index contributed by atoms with van der Waals surface area (Å²) < 4.78 is 5.80. The minimum absolute atomic E-state index is 0.0896. The number of hydrogen-bond donors (Lipinski definition) is 1. The summed E-state index contributed by atoms with van der Waals surface area (Å²) >= 11 is 0. The van der Waals surface area contributed by atoms with Crippen molar-refractivity contribution in [1.82, 2.24) is 4.90 Å². The van der Waals surface area contributed by atoms with E-state index in [1.165, 1.54) is 0 Å². The van der Waals surface area contributed by atoms with Gasteiger partial charge in [-0.15, -0.1) is 0 Å². The fourth-order valence-corrected chi connectivity index (χ4v) is 2.20. The SMILES string of the molecule is CCCC(N)C(=O)N1CCC(OCCC(C)C)C1. The van der Waals surface area contributed by atoms with Gasteiger partial charge in [0.25, 0.3) is 0 Å². The summed E-state index contributed by atoms with van der Waals surface area (Å²) in [5.74, 6) is 0.758. The van der Waals surface area contributed by atoms with E-state index in [0.29, 0.717) is 12.5 Å². The number of amides is 1. The number of hydrogen-bond acceptors (Lipinski definition) is 3. The summed E-state index contributed by atoms with van der Waals surface area (Å²) in [5, 5.41) is 0. The topological polar surface area (TPSA) is 55.6 Å². The van der Waals surface area contributed by atoms with E-state index in [0.717, 1.165) is 38.8 Å². The Bertz CT molecular complexity index is 256. The Morgan fingerprint density at radius 2 is 2.17 bits per heavy atom. The van der Waals surface area contributed by atoms with Crippen molar-refractivity contribution in [1.29, 1.82) is 0 Å². The number of nitrogens with two attached hydrogens (primary N) is 1. The second-order valence-electron chi connectivity index (χ2n) is 5.64. The highest BCUT2D eigenvalue weighted by molar-refractivity contribution is 5.81. The van der Waals surface area contributed by atoms with Gasteiger partial charge in [-0.1, -0.05) is 27.2 Å². The zero-order valence-corrected chi connectivity index (χ0v) is 12.0. The molecule has 2 N–H and O–H groups in total. The molecule has 0 aromatic carbocycles. The largest absolute Gasteiger partial charge is 0.376 e. The summed E-state index contributed by atoms with van der Waals surface area (Å²) in [6.45, 7) is 8.74. The van der Waals surface area contributed by atoms with Crippen LogP contribution in [0.4, 0.5) is 0 Å². The van der Waals surface area contributed by atoms with Gasteiger partial charge in [-0.2, -0.15) is 0 Å². The minimum atomic E-state index is -0.329. The summed E-state index contributed by atoms with van der Waals surface area (Å²) in [6, 6.07) is -0.329. The van der Waals surface area contributed by atoms with Crippen molar-refractivity contribution in [2.24, 2.45) is 11.7 Å². The highest BCUT2D eigenvalue weighted by Gasteiger charge is 2.29. The van der Waals surface area contributed by atoms with E-state index in [1.54, 1.807) is 0 Å². The Labute approximate surface area is 111 Å². The first-order valence-corrected chi connectivity index (χ1v) is 7.20. The second kappa shape index (κ2) is 7.74. The highest BCUT2D eigenvalue weighted by Crippen LogP contribution is 2.15. The van der Waals surface area contributed by atoms with Crippen LogP contribution in [0.15, 0.2) is 0 Å². The molecule has 1 fully saturated rings. The lowest BCUT2D eigenvalue weighted by Crippen LogP contribution is -2.43. The van der Waals surface area contributed by atoms with Crippen LogP contribution >= 0.6 is 0 Å². The fraction of sp³-hybridized carbons (Fsp3) is 0.929. The molecule has 0 aliphatic carbocycles. The molecule has 1 saturated heterocycles. The van der Waals surface area contributed by atoms with E-state index in [1.807, 2.05) is 4.90 Å². The third-order valence-corrected chi connectivity index (χ3v) is 3.42. The van der Waals surface area contributed by atoms with Gasteiger partial charge in [-0.25, -0.2) is 0 Å². The highest BCUT2D eigenvalue weighted by atomic mass is 16.5. The summed E-state index contributed by atoms with van der Waals surface area (Å²) in [6.07, 6.45) is 3.97. The Morgan fingerprint density at radius 3 is 2.78 bits per heavy atom. The van der Waals surface area contributed by atoms with Gasteiger partial charge in [0.1, 0.15) is 0 Å². The van der Waals surface area contributed by atoms with E-state index in [-0.39, 0.29) is 18.1 Å². The van der Waals surface area contributed by atoms with E-state index in [2.05, 4.69) is 20.8 Å². The van der Waals surface area contributed by atoms with E-state index in [9.17, 15) is 4.79 Å². The van der Waals surface area contributed by atoms with Crippen LogP contribution in [0.25, 0.3) is 0 Å². The first kappa shape index (κ1) is 15.4. The molecule has 0 radical (unpaired) electrons. The van der Waals surface area contributed by atoms with Crippen LogP contribution in [0.1, 0.15) is 46.5 Å². The number of ether oxygens (including phenoxy) is 1. The Morgan fingerprint density at radius 1 is 1.44 bits per heavy atom. The smallest absolute Gasteiger partial charge is 0.239 e. The van der Waals surface area contributed by atoms with Crippen LogP contribution in [0.2, 0.25) is 0 Å². The predicted molar refractivity (Wildman–Crippen MR) is 73.3 cm³/mol. The maximum absolute atomic E-state index is 12.0. The Hall–Kier alpha value is -0.610. The lowest BCUT2D eigenvalue weighted by atomic mass is 10.1. The van der Waals surface area contributed by atoms with Gasteiger partial charge in [-0.05, 0) is 25.2 Å². The van der Waals surface area contributed by atoms with Crippen molar-refractivity contribution >= 4 is 5.91 Å². The van der Waals surface area contributed by atoms with E-state index in [4.69, 9.17) is 10.5 Å². The van der Waals surface area contributed by atoms with Gasteiger partial charge in [-0.3, -0.25) is 4.79 Å². The first-order chi connectivity index (χ1) is 8.54. The molecule has 1 amide bonds. The number of carbonyl (C=O) groups is 1. The van der Waals surface area contributed by atoms with Gasteiger partial charge in [0.15, 0.2) is 0 Å². The normalized spacial score (nSPS) is 21.6. The van der Waals surface area contributed by atoms with Gasteiger partial charge >= 0.3 is 0 Å². The molecule has 1 aliphatic rings. The fourth-order valence-electron chi connectivity index (χ4n) is 2.20. The predicted octanol–water partition coefficient (Wildman–Crippen LogP) is 1.78. The molecule has 1 aliphatic heterocycles.